The Morgan fingerprint density at radius 1 is 1.27 bits per heavy atom. The lowest BCUT2D eigenvalue weighted by Crippen LogP contribution is -2.40. The molecular weight excluding hydrogens is 328 g/mol. The van der Waals surface area contributed by atoms with Gasteiger partial charge in [0.25, 0.3) is 0 Å². The number of ketones is 1. The molecule has 26 heavy (non-hydrogen) atoms. The molecule has 1 fully saturated rings. The number of carboxylic acids is 1. The van der Waals surface area contributed by atoms with Crippen LogP contribution in [0.4, 0.5) is 0 Å². The molecule has 3 aliphatic carbocycles. The number of carbonyl (C=O) groups is 2. The van der Waals surface area contributed by atoms with Crippen LogP contribution in [0.1, 0.15) is 71.6 Å². The van der Waals surface area contributed by atoms with Gasteiger partial charge in [0.2, 0.25) is 0 Å². The molecular formula is C22H32O4. The molecule has 0 radical (unpaired) electrons. The van der Waals surface area contributed by atoms with E-state index in [1.165, 1.54) is 5.57 Å². The van der Waals surface area contributed by atoms with Crippen LogP contribution >= 0.6 is 0 Å². The zero-order valence-electron chi connectivity index (χ0n) is 16.0. The van der Waals surface area contributed by atoms with Crippen LogP contribution < -0.4 is 0 Å². The minimum absolute atomic E-state index is 0.0281. The monoisotopic (exact) mass is 360 g/mol. The van der Waals surface area contributed by atoms with Crippen LogP contribution in [0.5, 0.6) is 0 Å². The number of hydrogen-bond acceptors (Lipinski definition) is 3. The molecule has 3 rings (SSSR count). The normalized spacial score (nSPS) is 40.5. The fourth-order valence-corrected chi connectivity index (χ4v) is 5.52. The maximum absolute atomic E-state index is 11.9. The highest BCUT2D eigenvalue weighted by atomic mass is 16.4. The summed E-state index contributed by atoms with van der Waals surface area (Å²) in [4.78, 5) is 22.9. The summed E-state index contributed by atoms with van der Waals surface area (Å²) in [6.07, 6.45) is 12.8. The molecule has 0 amide bonds. The molecule has 2 N–H and O–H groups in total. The van der Waals surface area contributed by atoms with E-state index >= 15 is 0 Å². The Morgan fingerprint density at radius 2 is 2.04 bits per heavy atom. The molecule has 144 valence electrons. The van der Waals surface area contributed by atoms with Crippen molar-refractivity contribution in [2.45, 2.75) is 77.2 Å². The van der Waals surface area contributed by atoms with Crippen LogP contribution in [0.3, 0.4) is 0 Å². The predicted octanol–water partition coefficient (Wildman–Crippen LogP) is 4.28. The average Bonchev–Trinajstić information content (AvgIpc) is 2.64. The molecule has 3 aliphatic rings. The topological polar surface area (TPSA) is 74.6 Å². The summed E-state index contributed by atoms with van der Waals surface area (Å²) >= 11 is 0. The molecule has 5 unspecified atom stereocenters. The van der Waals surface area contributed by atoms with E-state index in [-0.39, 0.29) is 23.5 Å². The summed E-state index contributed by atoms with van der Waals surface area (Å²) < 4.78 is 0. The Hall–Kier alpha value is -1.42. The van der Waals surface area contributed by atoms with Crippen LogP contribution in [0.15, 0.2) is 23.8 Å². The standard InChI is InChI=1S/C22H32O4/c1-15-5-8-19-16(4-3-11-22(15,26)13-10-20(24)25)6-7-17-14-18(23)9-12-21(17,19)2/h6-7,14-16,19,26H,3-5,8-13H2,1-2H3,(H,24,25). The number of fused-ring (bicyclic) bond motifs is 3. The lowest BCUT2D eigenvalue weighted by molar-refractivity contribution is -0.139. The molecule has 5 atom stereocenters. The van der Waals surface area contributed by atoms with Crippen LogP contribution in [-0.2, 0) is 9.59 Å². The summed E-state index contributed by atoms with van der Waals surface area (Å²) in [6, 6.07) is 0. The number of carboxylic acid groups (broad SMARTS) is 1. The predicted molar refractivity (Wildman–Crippen MR) is 101 cm³/mol. The summed E-state index contributed by atoms with van der Waals surface area (Å²) in [6.45, 7) is 4.38. The van der Waals surface area contributed by atoms with Gasteiger partial charge in [-0.25, -0.2) is 0 Å². The van der Waals surface area contributed by atoms with Crippen molar-refractivity contribution in [3.63, 3.8) is 0 Å². The third-order valence-corrected chi connectivity index (χ3v) is 7.47. The Balaban J connectivity index is 1.81. The Bertz CT molecular complexity index is 634. The van der Waals surface area contributed by atoms with Crippen molar-refractivity contribution in [3.05, 3.63) is 23.8 Å². The quantitative estimate of drug-likeness (QED) is 0.788. The molecule has 1 saturated carbocycles. The van der Waals surface area contributed by atoms with Crippen molar-refractivity contribution in [1.82, 2.24) is 0 Å². The SMILES string of the molecule is CC1CCC2C(C=CC3=CC(=O)CCC32C)CCCC1(O)CCC(=O)O. The molecule has 0 aromatic heterocycles. The third-order valence-electron chi connectivity index (χ3n) is 7.47. The van der Waals surface area contributed by atoms with Crippen molar-refractivity contribution in [2.75, 3.05) is 0 Å². The minimum atomic E-state index is -0.877. The summed E-state index contributed by atoms with van der Waals surface area (Å²) in [5.74, 6) is 0.472. The highest BCUT2D eigenvalue weighted by molar-refractivity contribution is 5.92. The van der Waals surface area contributed by atoms with Gasteiger partial charge in [0, 0.05) is 12.8 Å². The first kappa shape index (κ1) is 19.3. The fraction of sp³-hybridized carbons (Fsp3) is 0.727. The Morgan fingerprint density at radius 3 is 2.77 bits per heavy atom. The van der Waals surface area contributed by atoms with Crippen molar-refractivity contribution in [2.24, 2.45) is 23.2 Å². The van der Waals surface area contributed by atoms with Crippen LogP contribution in [-0.4, -0.2) is 27.6 Å². The molecule has 0 heterocycles. The van der Waals surface area contributed by atoms with E-state index in [0.29, 0.717) is 31.1 Å². The van der Waals surface area contributed by atoms with E-state index in [4.69, 9.17) is 5.11 Å². The summed E-state index contributed by atoms with van der Waals surface area (Å²) in [5.41, 5.74) is 0.358. The van der Waals surface area contributed by atoms with Gasteiger partial charge >= 0.3 is 5.97 Å². The zero-order valence-corrected chi connectivity index (χ0v) is 16.0. The zero-order chi connectivity index (χ0) is 18.9. The maximum atomic E-state index is 11.9. The largest absolute Gasteiger partial charge is 0.481 e. The maximum Gasteiger partial charge on any atom is 0.303 e. The van der Waals surface area contributed by atoms with Gasteiger partial charge in [-0.1, -0.05) is 26.0 Å². The van der Waals surface area contributed by atoms with E-state index in [9.17, 15) is 14.7 Å². The highest BCUT2D eigenvalue weighted by Gasteiger charge is 2.46. The van der Waals surface area contributed by atoms with Crippen molar-refractivity contribution >= 4 is 11.8 Å². The van der Waals surface area contributed by atoms with Gasteiger partial charge in [0.05, 0.1) is 5.60 Å². The number of hydrogen-bond donors (Lipinski definition) is 2. The van der Waals surface area contributed by atoms with Gasteiger partial charge < -0.3 is 10.2 Å². The average molecular weight is 360 g/mol. The second kappa shape index (κ2) is 7.30. The van der Waals surface area contributed by atoms with Gasteiger partial charge in [0.1, 0.15) is 0 Å². The van der Waals surface area contributed by atoms with Gasteiger partial charge in [-0.15, -0.1) is 0 Å². The lowest BCUT2D eigenvalue weighted by Gasteiger charge is -2.47. The minimum Gasteiger partial charge on any atom is -0.481 e. The lowest BCUT2D eigenvalue weighted by atomic mass is 9.57. The van der Waals surface area contributed by atoms with Crippen LogP contribution in [0, 0.1) is 23.2 Å². The Labute approximate surface area is 156 Å². The van der Waals surface area contributed by atoms with Gasteiger partial charge in [0.15, 0.2) is 5.78 Å². The molecule has 0 spiro atoms. The molecule has 4 heteroatoms. The van der Waals surface area contributed by atoms with Crippen molar-refractivity contribution in [3.8, 4) is 0 Å². The smallest absolute Gasteiger partial charge is 0.303 e. The third kappa shape index (κ3) is 3.66. The molecule has 0 aromatic carbocycles. The second-order valence-electron chi connectivity index (χ2n) is 8.98. The summed E-state index contributed by atoms with van der Waals surface area (Å²) in [7, 11) is 0. The molecule has 0 aliphatic heterocycles. The van der Waals surface area contributed by atoms with Crippen molar-refractivity contribution in [1.29, 1.82) is 0 Å². The van der Waals surface area contributed by atoms with Gasteiger partial charge in [-0.05, 0) is 79.8 Å². The molecule has 4 nitrogen and oxygen atoms in total. The number of aliphatic hydroxyl groups is 1. The van der Waals surface area contributed by atoms with Gasteiger partial charge in [-0.2, -0.15) is 0 Å². The molecule has 0 saturated heterocycles. The number of carbonyl (C=O) groups excluding carboxylic acids is 1. The van der Waals surface area contributed by atoms with E-state index in [2.05, 4.69) is 26.0 Å². The van der Waals surface area contributed by atoms with Gasteiger partial charge in [-0.3, -0.25) is 9.59 Å². The van der Waals surface area contributed by atoms with E-state index in [1.807, 2.05) is 6.08 Å². The number of allylic oxidation sites excluding steroid dienone is 4. The van der Waals surface area contributed by atoms with E-state index in [1.54, 1.807) is 0 Å². The number of aliphatic carboxylic acids is 1. The first-order valence-electron chi connectivity index (χ1n) is 10.1. The number of rotatable bonds is 3. The van der Waals surface area contributed by atoms with Crippen LogP contribution in [0.2, 0.25) is 0 Å². The Kier molecular flexibility index (Phi) is 5.43. The second-order valence-corrected chi connectivity index (χ2v) is 8.98. The molecule has 0 bridgehead atoms. The van der Waals surface area contributed by atoms with E-state index < -0.39 is 11.6 Å². The first-order valence-corrected chi connectivity index (χ1v) is 10.1. The first-order chi connectivity index (χ1) is 12.2. The van der Waals surface area contributed by atoms with Crippen molar-refractivity contribution < 1.29 is 19.8 Å². The highest BCUT2D eigenvalue weighted by Crippen LogP contribution is 2.53. The van der Waals surface area contributed by atoms with E-state index in [0.717, 1.165) is 32.1 Å². The van der Waals surface area contributed by atoms with Crippen LogP contribution in [0.25, 0.3) is 0 Å². The fourth-order valence-electron chi connectivity index (χ4n) is 5.52. The summed E-state index contributed by atoms with van der Waals surface area (Å²) in [5, 5.41) is 20.2. The molecule has 0 aromatic rings.